The normalized spacial score (nSPS) is 28.4. The smallest absolute Gasteiger partial charge is 0.0334 e. The van der Waals surface area contributed by atoms with Crippen LogP contribution in [0.5, 0.6) is 0 Å². The minimum absolute atomic E-state index is 0.506. The maximum absolute atomic E-state index is 3.90. The van der Waals surface area contributed by atoms with Gasteiger partial charge in [0, 0.05) is 31.2 Å². The van der Waals surface area contributed by atoms with Gasteiger partial charge in [-0.15, -0.1) is 0 Å². The van der Waals surface area contributed by atoms with Crippen LogP contribution in [0.3, 0.4) is 0 Å². The number of hydrogen-bond donors (Lipinski definition) is 1. The van der Waals surface area contributed by atoms with E-state index in [1.165, 1.54) is 64.6 Å². The van der Waals surface area contributed by atoms with E-state index >= 15 is 0 Å². The Labute approximate surface area is 126 Å². The summed E-state index contributed by atoms with van der Waals surface area (Å²) in [5.74, 6) is 1.70. The van der Waals surface area contributed by atoms with Gasteiger partial charge in [-0.1, -0.05) is 59.8 Å². The van der Waals surface area contributed by atoms with Gasteiger partial charge >= 0.3 is 0 Å². The van der Waals surface area contributed by atoms with Crippen molar-refractivity contribution in [2.45, 2.75) is 84.2 Å². The molecule has 1 aliphatic carbocycles. The van der Waals surface area contributed by atoms with E-state index in [2.05, 4.69) is 37.9 Å². The third kappa shape index (κ3) is 3.39. The first-order valence-electron chi connectivity index (χ1n) is 9.13. The number of rotatable bonds is 6. The zero-order valence-corrected chi connectivity index (χ0v) is 14.3. The molecule has 1 heterocycles. The van der Waals surface area contributed by atoms with Crippen molar-refractivity contribution >= 4 is 0 Å². The van der Waals surface area contributed by atoms with E-state index in [4.69, 9.17) is 0 Å². The van der Waals surface area contributed by atoms with Crippen LogP contribution in [0, 0.1) is 11.8 Å². The second kappa shape index (κ2) is 7.26. The molecular formula is C18H36N2. The molecular weight excluding hydrogens is 244 g/mol. The molecule has 0 aromatic carbocycles. The largest absolute Gasteiger partial charge is 0.311 e. The molecule has 2 fully saturated rings. The first-order valence-corrected chi connectivity index (χ1v) is 9.13. The molecule has 1 saturated carbocycles. The molecule has 1 saturated heterocycles. The van der Waals surface area contributed by atoms with Crippen molar-refractivity contribution in [3.05, 3.63) is 0 Å². The van der Waals surface area contributed by atoms with Crippen LogP contribution < -0.4 is 5.32 Å². The molecule has 0 amide bonds. The van der Waals surface area contributed by atoms with E-state index in [-0.39, 0.29) is 0 Å². The lowest BCUT2D eigenvalue weighted by Crippen LogP contribution is -2.65. The van der Waals surface area contributed by atoms with E-state index in [0.717, 1.165) is 11.8 Å². The Kier molecular flexibility index (Phi) is 5.92. The fraction of sp³-hybridized carbons (Fsp3) is 1.00. The summed E-state index contributed by atoms with van der Waals surface area (Å²) >= 11 is 0. The second-order valence-electron chi connectivity index (χ2n) is 7.39. The van der Waals surface area contributed by atoms with Gasteiger partial charge in [0.25, 0.3) is 0 Å². The fourth-order valence-corrected chi connectivity index (χ4v) is 4.25. The Morgan fingerprint density at radius 2 is 1.75 bits per heavy atom. The highest BCUT2D eigenvalue weighted by molar-refractivity contribution is 5.02. The van der Waals surface area contributed by atoms with Crippen molar-refractivity contribution in [3.63, 3.8) is 0 Å². The predicted molar refractivity (Wildman–Crippen MR) is 88.1 cm³/mol. The van der Waals surface area contributed by atoms with Crippen molar-refractivity contribution in [2.75, 3.05) is 19.6 Å². The molecule has 2 unspecified atom stereocenters. The molecule has 2 atom stereocenters. The summed E-state index contributed by atoms with van der Waals surface area (Å²) in [5.41, 5.74) is 0.506. The lowest BCUT2D eigenvalue weighted by atomic mass is 9.86. The topological polar surface area (TPSA) is 15.3 Å². The third-order valence-corrected chi connectivity index (χ3v) is 6.28. The summed E-state index contributed by atoms with van der Waals surface area (Å²) in [4.78, 5) is 2.91. The highest BCUT2D eigenvalue weighted by Gasteiger charge is 2.44. The average molecular weight is 281 g/mol. The first kappa shape index (κ1) is 16.3. The zero-order valence-electron chi connectivity index (χ0n) is 14.3. The van der Waals surface area contributed by atoms with Gasteiger partial charge in [-0.25, -0.2) is 0 Å². The van der Waals surface area contributed by atoms with Gasteiger partial charge in [-0.2, -0.15) is 0 Å². The van der Waals surface area contributed by atoms with Crippen LogP contribution in [0.1, 0.15) is 72.6 Å². The minimum atomic E-state index is 0.506. The molecule has 20 heavy (non-hydrogen) atoms. The van der Waals surface area contributed by atoms with E-state index in [0.29, 0.717) is 11.6 Å². The highest BCUT2D eigenvalue weighted by atomic mass is 15.3. The Morgan fingerprint density at radius 3 is 2.30 bits per heavy atom. The summed E-state index contributed by atoms with van der Waals surface area (Å²) < 4.78 is 0. The molecule has 0 radical (unpaired) electrons. The number of nitrogens with one attached hydrogen (secondary N) is 1. The standard InChI is InChI=1S/C18H36N2/c1-5-15(4)17-13-20(12-16(6-2)7-3)18(14-19-17)10-8-9-11-18/h15-17,19H,5-14H2,1-4H3. The van der Waals surface area contributed by atoms with Crippen LogP contribution in [0.4, 0.5) is 0 Å². The first-order chi connectivity index (χ1) is 9.65. The number of piperazine rings is 1. The molecule has 2 aliphatic rings. The van der Waals surface area contributed by atoms with Crippen LogP contribution in [0.25, 0.3) is 0 Å². The Bertz CT molecular complexity index is 279. The molecule has 1 aliphatic heterocycles. The SMILES string of the molecule is CCC(CC)CN1CC(C(C)CC)NCC12CCCC2. The summed E-state index contributed by atoms with van der Waals surface area (Å²) in [5, 5.41) is 3.90. The molecule has 118 valence electrons. The van der Waals surface area contributed by atoms with Gasteiger partial charge in [0.05, 0.1) is 0 Å². The van der Waals surface area contributed by atoms with Crippen LogP contribution in [-0.4, -0.2) is 36.1 Å². The van der Waals surface area contributed by atoms with Gasteiger partial charge in [-0.05, 0) is 24.7 Å². The van der Waals surface area contributed by atoms with Gasteiger partial charge in [-0.3, -0.25) is 4.90 Å². The Morgan fingerprint density at radius 1 is 1.10 bits per heavy atom. The van der Waals surface area contributed by atoms with E-state index in [1.54, 1.807) is 0 Å². The minimum Gasteiger partial charge on any atom is -0.311 e. The van der Waals surface area contributed by atoms with E-state index < -0.39 is 0 Å². The molecule has 1 N–H and O–H groups in total. The van der Waals surface area contributed by atoms with Crippen molar-refractivity contribution in [2.24, 2.45) is 11.8 Å². The monoisotopic (exact) mass is 280 g/mol. The number of hydrogen-bond acceptors (Lipinski definition) is 2. The Balaban J connectivity index is 2.06. The van der Waals surface area contributed by atoms with Gasteiger partial charge < -0.3 is 5.32 Å². The van der Waals surface area contributed by atoms with Crippen LogP contribution >= 0.6 is 0 Å². The predicted octanol–water partition coefficient (Wildman–Crippen LogP) is 4.06. The zero-order chi connectivity index (χ0) is 14.6. The molecule has 0 aromatic heterocycles. The van der Waals surface area contributed by atoms with Crippen LogP contribution in [0.15, 0.2) is 0 Å². The summed E-state index contributed by atoms with van der Waals surface area (Å²) in [6.07, 6.45) is 9.70. The van der Waals surface area contributed by atoms with Crippen molar-refractivity contribution in [3.8, 4) is 0 Å². The third-order valence-electron chi connectivity index (χ3n) is 6.28. The van der Waals surface area contributed by atoms with Crippen molar-refractivity contribution in [1.29, 1.82) is 0 Å². The van der Waals surface area contributed by atoms with Gasteiger partial charge in [0.2, 0.25) is 0 Å². The molecule has 0 bridgehead atoms. The summed E-state index contributed by atoms with van der Waals surface area (Å²) in [7, 11) is 0. The van der Waals surface area contributed by atoms with Gasteiger partial charge in [0.1, 0.15) is 0 Å². The quantitative estimate of drug-likeness (QED) is 0.789. The van der Waals surface area contributed by atoms with Crippen LogP contribution in [-0.2, 0) is 0 Å². The maximum atomic E-state index is 3.90. The molecule has 2 nitrogen and oxygen atoms in total. The molecule has 0 aromatic rings. The second-order valence-corrected chi connectivity index (χ2v) is 7.39. The maximum Gasteiger partial charge on any atom is 0.0334 e. The number of nitrogens with zero attached hydrogens (tertiary/aromatic N) is 1. The highest BCUT2D eigenvalue weighted by Crippen LogP contribution is 2.38. The van der Waals surface area contributed by atoms with E-state index in [1.807, 2.05) is 0 Å². The molecule has 2 rings (SSSR count). The van der Waals surface area contributed by atoms with Gasteiger partial charge in [0.15, 0.2) is 0 Å². The molecule has 1 spiro atoms. The average Bonchev–Trinajstić information content (AvgIpc) is 2.95. The lowest BCUT2D eigenvalue weighted by molar-refractivity contribution is 0.0172. The summed E-state index contributed by atoms with van der Waals surface area (Å²) in [6.45, 7) is 13.3. The Hall–Kier alpha value is -0.0800. The van der Waals surface area contributed by atoms with E-state index in [9.17, 15) is 0 Å². The van der Waals surface area contributed by atoms with Crippen molar-refractivity contribution in [1.82, 2.24) is 10.2 Å². The fourth-order valence-electron chi connectivity index (χ4n) is 4.25. The molecule has 2 heteroatoms. The van der Waals surface area contributed by atoms with Crippen molar-refractivity contribution < 1.29 is 0 Å². The lowest BCUT2D eigenvalue weighted by Gasteiger charge is -2.50. The summed E-state index contributed by atoms with van der Waals surface area (Å²) in [6, 6.07) is 0.709. The van der Waals surface area contributed by atoms with Crippen LogP contribution in [0.2, 0.25) is 0 Å².